The van der Waals surface area contributed by atoms with Gasteiger partial charge in [-0.2, -0.15) is 0 Å². The van der Waals surface area contributed by atoms with Crippen molar-refractivity contribution in [1.29, 1.82) is 0 Å². The summed E-state index contributed by atoms with van der Waals surface area (Å²) in [5, 5.41) is 3.52. The van der Waals surface area contributed by atoms with E-state index in [4.69, 9.17) is 0 Å². The van der Waals surface area contributed by atoms with Gasteiger partial charge in [-0.15, -0.1) is 0 Å². The minimum absolute atomic E-state index is 1.07. The molecule has 0 heterocycles. The van der Waals surface area contributed by atoms with Crippen LogP contribution >= 0.6 is 0 Å². The largest absolute Gasteiger partial charge is 0.356 e. The van der Waals surface area contributed by atoms with Crippen LogP contribution in [0.3, 0.4) is 0 Å². The Balaban J connectivity index is 1.19. The van der Waals surface area contributed by atoms with Crippen LogP contribution in [-0.4, -0.2) is 0 Å². The van der Waals surface area contributed by atoms with Crippen molar-refractivity contribution in [3.05, 3.63) is 158 Å². The number of hydrogen-bond acceptors (Lipinski definition) is 1. The Morgan fingerprint density at radius 2 is 0.541 bits per heavy atom. The van der Waals surface area contributed by atoms with Gasteiger partial charge in [0.2, 0.25) is 0 Å². The Hall–Kier alpha value is -4.88. The topological polar surface area (TPSA) is 12.0 Å². The lowest BCUT2D eigenvalue weighted by atomic mass is 9.96. The van der Waals surface area contributed by atoms with E-state index in [-0.39, 0.29) is 0 Å². The summed E-state index contributed by atoms with van der Waals surface area (Å²) in [5.41, 5.74) is 11.9. The van der Waals surface area contributed by atoms with E-state index >= 15 is 0 Å². The first-order valence-corrected chi connectivity index (χ1v) is 12.6. The quantitative estimate of drug-likeness (QED) is 0.254. The van der Waals surface area contributed by atoms with Crippen LogP contribution in [0.1, 0.15) is 0 Å². The number of anilines is 2. The zero-order valence-corrected chi connectivity index (χ0v) is 20.5. The summed E-state index contributed by atoms with van der Waals surface area (Å²) < 4.78 is 0. The van der Waals surface area contributed by atoms with Gasteiger partial charge in [-0.25, -0.2) is 0 Å². The third-order valence-electron chi connectivity index (χ3n) is 6.66. The molecule has 0 bridgehead atoms. The molecule has 1 nitrogen and oxygen atoms in total. The first kappa shape index (κ1) is 22.6. The van der Waals surface area contributed by atoms with Gasteiger partial charge in [0.05, 0.1) is 0 Å². The van der Waals surface area contributed by atoms with E-state index in [1.54, 1.807) is 0 Å². The SMILES string of the molecule is c1ccc(-c2ccc(Nc3ccc(-c4cccc(-c5cccc(-c6ccccc6)c5)c4)cc3)cc2)cc1. The Bertz CT molecular complexity index is 1600. The van der Waals surface area contributed by atoms with Gasteiger partial charge >= 0.3 is 0 Å². The number of hydrogen-bond donors (Lipinski definition) is 1. The molecule has 0 saturated carbocycles. The highest BCUT2D eigenvalue weighted by molar-refractivity contribution is 5.78. The zero-order chi connectivity index (χ0) is 24.9. The summed E-state index contributed by atoms with van der Waals surface area (Å²) in [4.78, 5) is 0. The average Bonchev–Trinajstić information content (AvgIpc) is 2.99. The van der Waals surface area contributed by atoms with Crippen LogP contribution in [0.25, 0.3) is 44.5 Å². The fourth-order valence-corrected chi connectivity index (χ4v) is 4.68. The minimum atomic E-state index is 1.07. The molecule has 0 aliphatic carbocycles. The predicted molar refractivity (Wildman–Crippen MR) is 158 cm³/mol. The maximum atomic E-state index is 3.52. The van der Waals surface area contributed by atoms with Gasteiger partial charge in [-0.1, -0.05) is 121 Å². The van der Waals surface area contributed by atoms with Crippen LogP contribution in [0.15, 0.2) is 158 Å². The fourth-order valence-electron chi connectivity index (χ4n) is 4.68. The van der Waals surface area contributed by atoms with Crippen LogP contribution in [-0.2, 0) is 0 Å². The van der Waals surface area contributed by atoms with Gasteiger partial charge in [0.25, 0.3) is 0 Å². The maximum absolute atomic E-state index is 3.52. The second-order valence-corrected chi connectivity index (χ2v) is 9.17. The van der Waals surface area contributed by atoms with Gasteiger partial charge < -0.3 is 5.32 Å². The van der Waals surface area contributed by atoms with E-state index in [1.807, 2.05) is 6.07 Å². The van der Waals surface area contributed by atoms with Crippen molar-refractivity contribution in [2.45, 2.75) is 0 Å². The van der Waals surface area contributed by atoms with Crippen molar-refractivity contribution in [2.24, 2.45) is 0 Å². The molecule has 176 valence electrons. The van der Waals surface area contributed by atoms with Gasteiger partial charge in [-0.05, 0) is 80.9 Å². The Kier molecular flexibility index (Phi) is 6.34. The molecular formula is C36H27N. The highest BCUT2D eigenvalue weighted by atomic mass is 14.9. The van der Waals surface area contributed by atoms with Gasteiger partial charge in [0, 0.05) is 11.4 Å². The third kappa shape index (κ3) is 5.22. The molecule has 6 aromatic carbocycles. The lowest BCUT2D eigenvalue weighted by Crippen LogP contribution is -1.90. The van der Waals surface area contributed by atoms with Crippen LogP contribution < -0.4 is 5.32 Å². The Morgan fingerprint density at radius 3 is 0.973 bits per heavy atom. The Labute approximate surface area is 218 Å². The fraction of sp³-hybridized carbons (Fsp3) is 0. The first-order chi connectivity index (χ1) is 18.3. The van der Waals surface area contributed by atoms with E-state index in [9.17, 15) is 0 Å². The molecule has 6 aromatic rings. The van der Waals surface area contributed by atoms with Crippen molar-refractivity contribution in [1.82, 2.24) is 0 Å². The number of nitrogens with one attached hydrogen (secondary N) is 1. The first-order valence-electron chi connectivity index (χ1n) is 12.6. The molecule has 1 N–H and O–H groups in total. The molecule has 0 radical (unpaired) electrons. The lowest BCUT2D eigenvalue weighted by molar-refractivity contribution is 1.53. The highest BCUT2D eigenvalue weighted by Crippen LogP contribution is 2.31. The molecule has 0 unspecified atom stereocenters. The average molecular weight is 474 g/mol. The second kappa shape index (κ2) is 10.4. The second-order valence-electron chi connectivity index (χ2n) is 9.17. The molecule has 0 spiro atoms. The normalized spacial score (nSPS) is 10.7. The van der Waals surface area contributed by atoms with Crippen LogP contribution in [0.5, 0.6) is 0 Å². The zero-order valence-electron chi connectivity index (χ0n) is 20.5. The number of benzene rings is 6. The molecule has 1 heteroatoms. The van der Waals surface area contributed by atoms with E-state index in [1.165, 1.54) is 44.5 Å². The standard InChI is InChI=1S/C36H27N/c1-3-9-27(10-4-1)29-17-21-35(22-18-29)37-36-23-19-30(20-24-36)32-14-8-16-34(26-32)33-15-7-13-31(25-33)28-11-5-2-6-12-28/h1-26,37H. The molecule has 0 fully saturated rings. The van der Waals surface area contributed by atoms with Crippen LogP contribution in [0.4, 0.5) is 11.4 Å². The predicted octanol–water partition coefficient (Wildman–Crippen LogP) is 10.1. The Morgan fingerprint density at radius 1 is 0.243 bits per heavy atom. The van der Waals surface area contributed by atoms with E-state index < -0.39 is 0 Å². The van der Waals surface area contributed by atoms with Crippen LogP contribution in [0.2, 0.25) is 0 Å². The molecule has 6 rings (SSSR count). The smallest absolute Gasteiger partial charge is 0.0384 e. The molecule has 0 aromatic heterocycles. The lowest BCUT2D eigenvalue weighted by Gasteiger charge is -2.11. The van der Waals surface area contributed by atoms with Crippen molar-refractivity contribution < 1.29 is 0 Å². The molecular weight excluding hydrogens is 446 g/mol. The molecule has 0 aliphatic heterocycles. The molecule has 0 aliphatic rings. The van der Waals surface area contributed by atoms with E-state index in [2.05, 4.69) is 157 Å². The monoisotopic (exact) mass is 473 g/mol. The van der Waals surface area contributed by atoms with E-state index in [0.717, 1.165) is 11.4 Å². The van der Waals surface area contributed by atoms with Gasteiger partial charge in [0.1, 0.15) is 0 Å². The summed E-state index contributed by atoms with van der Waals surface area (Å²) in [7, 11) is 0. The summed E-state index contributed by atoms with van der Waals surface area (Å²) in [6.07, 6.45) is 0. The summed E-state index contributed by atoms with van der Waals surface area (Å²) in [5.74, 6) is 0. The molecule has 0 saturated heterocycles. The highest BCUT2D eigenvalue weighted by Gasteiger charge is 2.05. The van der Waals surface area contributed by atoms with E-state index in [0.29, 0.717) is 0 Å². The third-order valence-corrected chi connectivity index (χ3v) is 6.66. The van der Waals surface area contributed by atoms with Crippen LogP contribution in [0, 0.1) is 0 Å². The minimum Gasteiger partial charge on any atom is -0.356 e. The molecule has 0 amide bonds. The maximum Gasteiger partial charge on any atom is 0.0384 e. The van der Waals surface area contributed by atoms with Gasteiger partial charge in [0.15, 0.2) is 0 Å². The van der Waals surface area contributed by atoms with Crippen molar-refractivity contribution >= 4 is 11.4 Å². The molecule has 0 atom stereocenters. The summed E-state index contributed by atoms with van der Waals surface area (Å²) in [6, 6.07) is 55.7. The van der Waals surface area contributed by atoms with Gasteiger partial charge in [-0.3, -0.25) is 0 Å². The molecule has 37 heavy (non-hydrogen) atoms. The van der Waals surface area contributed by atoms with Crippen molar-refractivity contribution in [3.63, 3.8) is 0 Å². The van der Waals surface area contributed by atoms with Crippen molar-refractivity contribution in [3.8, 4) is 44.5 Å². The number of rotatable bonds is 6. The van der Waals surface area contributed by atoms with Crippen molar-refractivity contribution in [2.75, 3.05) is 5.32 Å². The summed E-state index contributed by atoms with van der Waals surface area (Å²) in [6.45, 7) is 0. The summed E-state index contributed by atoms with van der Waals surface area (Å²) >= 11 is 0.